The fraction of sp³-hybridized carbons (Fsp3) is 0.333. The van der Waals surface area contributed by atoms with E-state index in [2.05, 4.69) is 10.3 Å². The number of halogens is 2. The number of hydrogen-bond donors (Lipinski definition) is 1. The molecular weight excluding hydrogens is 392 g/mol. The number of hydrogen-bond acceptors (Lipinski definition) is 6. The van der Waals surface area contributed by atoms with Crippen LogP contribution in [-0.4, -0.2) is 54.8 Å². The normalized spacial score (nSPS) is 17.7. The minimum absolute atomic E-state index is 0.0366. The van der Waals surface area contributed by atoms with Gasteiger partial charge in [-0.25, -0.2) is 22.2 Å². The summed E-state index contributed by atoms with van der Waals surface area (Å²) < 4.78 is 54.8. The van der Waals surface area contributed by atoms with E-state index in [1.54, 1.807) is 11.8 Å². The first-order valence-electron chi connectivity index (χ1n) is 8.58. The first-order chi connectivity index (χ1) is 13.2. The molecule has 10 heteroatoms. The monoisotopic (exact) mass is 411 g/mol. The number of nitrogens with zero attached hydrogens (tertiary/aromatic N) is 2. The van der Waals surface area contributed by atoms with E-state index in [4.69, 9.17) is 4.74 Å². The summed E-state index contributed by atoms with van der Waals surface area (Å²) in [6, 6.07) is 5.42. The van der Waals surface area contributed by atoms with E-state index < -0.39 is 27.5 Å². The van der Waals surface area contributed by atoms with Gasteiger partial charge in [-0.1, -0.05) is 0 Å². The highest BCUT2D eigenvalue weighted by Gasteiger charge is 2.28. The second-order valence-corrected chi connectivity index (χ2v) is 8.71. The number of rotatable bonds is 5. The highest BCUT2D eigenvalue weighted by molar-refractivity contribution is 7.91. The molecule has 3 rings (SSSR count). The molecule has 1 aliphatic rings. The quantitative estimate of drug-likeness (QED) is 0.812. The molecule has 0 saturated carbocycles. The molecule has 1 aliphatic heterocycles. The predicted molar refractivity (Wildman–Crippen MR) is 99.0 cm³/mol. The van der Waals surface area contributed by atoms with Crippen molar-refractivity contribution < 1.29 is 26.7 Å². The van der Waals surface area contributed by atoms with Crippen LogP contribution in [0.4, 0.5) is 14.6 Å². The fourth-order valence-electron chi connectivity index (χ4n) is 2.71. The molecule has 0 aliphatic carbocycles. The van der Waals surface area contributed by atoms with Crippen LogP contribution >= 0.6 is 0 Å². The maximum Gasteiger partial charge on any atom is 0.242 e. The van der Waals surface area contributed by atoms with E-state index in [9.17, 15) is 22.0 Å². The molecule has 1 atom stereocenters. The molecule has 1 saturated heterocycles. The van der Waals surface area contributed by atoms with Gasteiger partial charge in [-0.15, -0.1) is 0 Å². The smallest absolute Gasteiger partial charge is 0.242 e. The molecule has 28 heavy (non-hydrogen) atoms. The summed E-state index contributed by atoms with van der Waals surface area (Å²) in [7, 11) is -3.02. The Morgan fingerprint density at radius 1 is 1.21 bits per heavy atom. The highest BCUT2D eigenvalue weighted by atomic mass is 32.2. The van der Waals surface area contributed by atoms with Gasteiger partial charge >= 0.3 is 0 Å². The van der Waals surface area contributed by atoms with Gasteiger partial charge in [0.1, 0.15) is 17.4 Å². The number of pyridine rings is 1. The molecule has 0 bridgehead atoms. The average Bonchev–Trinajstić information content (AvgIpc) is 2.65. The minimum atomic E-state index is -3.02. The van der Waals surface area contributed by atoms with E-state index in [0.717, 1.165) is 6.07 Å². The average molecular weight is 411 g/mol. The molecule has 0 spiro atoms. The molecule has 1 aromatic heterocycles. The minimum Gasteiger partial charge on any atom is -0.453 e. The third-order valence-corrected chi connectivity index (χ3v) is 6.02. The van der Waals surface area contributed by atoms with Crippen molar-refractivity contribution in [1.82, 2.24) is 9.88 Å². The Kier molecular flexibility index (Phi) is 5.90. The predicted octanol–water partition coefficient (Wildman–Crippen LogP) is 2.21. The standard InChI is InChI=1S/C18H19F2N3O4S/c1-12(23-6-8-28(25,26)9-7-23)18(24)22-17-5-3-14(11-21-17)27-16-4-2-13(19)10-15(16)20/h2-5,10-12H,6-9H2,1H3,(H,21,22,24)/t12-/m0/s1. The summed E-state index contributed by atoms with van der Waals surface area (Å²) in [5.74, 6) is -1.44. The van der Waals surface area contributed by atoms with E-state index in [1.807, 2.05) is 0 Å². The maximum absolute atomic E-state index is 13.6. The van der Waals surface area contributed by atoms with Crippen LogP contribution in [-0.2, 0) is 14.6 Å². The van der Waals surface area contributed by atoms with Crippen LogP contribution in [0.15, 0.2) is 36.5 Å². The highest BCUT2D eigenvalue weighted by Crippen LogP contribution is 2.25. The topological polar surface area (TPSA) is 88.6 Å². The van der Waals surface area contributed by atoms with Crippen LogP contribution < -0.4 is 10.1 Å². The summed E-state index contributed by atoms with van der Waals surface area (Å²) in [5, 5.41) is 2.65. The summed E-state index contributed by atoms with van der Waals surface area (Å²) >= 11 is 0. The number of benzene rings is 1. The van der Waals surface area contributed by atoms with Crippen LogP contribution in [0.1, 0.15) is 6.92 Å². The first kappa shape index (κ1) is 20.2. The van der Waals surface area contributed by atoms with E-state index in [1.165, 1.54) is 24.4 Å². The number of carbonyl (C=O) groups excluding carboxylic acids is 1. The number of anilines is 1. The Morgan fingerprint density at radius 2 is 1.93 bits per heavy atom. The number of nitrogens with one attached hydrogen (secondary N) is 1. The zero-order valence-electron chi connectivity index (χ0n) is 15.1. The third kappa shape index (κ3) is 5.02. The number of amides is 1. The van der Waals surface area contributed by atoms with Crippen molar-refractivity contribution in [2.24, 2.45) is 0 Å². The van der Waals surface area contributed by atoms with Crippen LogP contribution in [0.2, 0.25) is 0 Å². The van der Waals surface area contributed by atoms with E-state index >= 15 is 0 Å². The molecule has 2 aromatic rings. The van der Waals surface area contributed by atoms with Crippen LogP contribution in [0.3, 0.4) is 0 Å². The van der Waals surface area contributed by atoms with Crippen LogP contribution in [0.25, 0.3) is 0 Å². The van der Waals surface area contributed by atoms with Gasteiger partial charge in [0.05, 0.1) is 23.7 Å². The Labute approximate surface area is 161 Å². The van der Waals surface area contributed by atoms with Gasteiger partial charge in [0, 0.05) is 19.2 Å². The van der Waals surface area contributed by atoms with Crippen molar-refractivity contribution in [1.29, 1.82) is 0 Å². The number of sulfone groups is 1. The number of ether oxygens (including phenoxy) is 1. The lowest BCUT2D eigenvalue weighted by Crippen LogP contribution is -2.49. The van der Waals surface area contributed by atoms with E-state index in [-0.39, 0.29) is 34.7 Å². The molecule has 1 amide bonds. The molecule has 150 valence electrons. The van der Waals surface area contributed by atoms with Gasteiger partial charge in [-0.3, -0.25) is 9.69 Å². The van der Waals surface area contributed by atoms with Crippen molar-refractivity contribution in [3.63, 3.8) is 0 Å². The SMILES string of the molecule is C[C@@H](C(=O)Nc1ccc(Oc2ccc(F)cc2F)cn1)N1CCS(=O)(=O)CC1. The van der Waals surface area contributed by atoms with Gasteiger partial charge in [-0.05, 0) is 31.2 Å². The fourth-order valence-corrected chi connectivity index (χ4v) is 3.94. The van der Waals surface area contributed by atoms with Gasteiger partial charge in [0.15, 0.2) is 21.4 Å². The summed E-state index contributed by atoms with van der Waals surface area (Å²) in [4.78, 5) is 18.2. The lowest BCUT2D eigenvalue weighted by atomic mass is 10.2. The Hall–Kier alpha value is -2.59. The molecule has 7 nitrogen and oxygen atoms in total. The maximum atomic E-state index is 13.6. The zero-order valence-corrected chi connectivity index (χ0v) is 15.9. The molecule has 1 N–H and O–H groups in total. The van der Waals surface area contributed by atoms with Gasteiger partial charge in [0.2, 0.25) is 5.91 Å². The second-order valence-electron chi connectivity index (χ2n) is 6.41. The second kappa shape index (κ2) is 8.19. The largest absolute Gasteiger partial charge is 0.453 e. The van der Waals surface area contributed by atoms with E-state index in [0.29, 0.717) is 19.2 Å². The van der Waals surface area contributed by atoms with Crippen LogP contribution in [0.5, 0.6) is 11.5 Å². The van der Waals surface area contributed by atoms with Gasteiger partial charge < -0.3 is 10.1 Å². The van der Waals surface area contributed by atoms with Crippen molar-refractivity contribution in [3.8, 4) is 11.5 Å². The lowest BCUT2D eigenvalue weighted by molar-refractivity contribution is -0.120. The summed E-state index contributed by atoms with van der Waals surface area (Å²) in [6.45, 7) is 2.31. The Balaban J connectivity index is 1.58. The Morgan fingerprint density at radius 3 is 2.54 bits per heavy atom. The molecular formula is C18H19F2N3O4S. The van der Waals surface area contributed by atoms with Crippen molar-refractivity contribution in [2.45, 2.75) is 13.0 Å². The third-order valence-electron chi connectivity index (χ3n) is 4.42. The van der Waals surface area contributed by atoms with Crippen LogP contribution in [0, 0.1) is 11.6 Å². The van der Waals surface area contributed by atoms with Crippen molar-refractivity contribution in [2.75, 3.05) is 29.9 Å². The first-order valence-corrected chi connectivity index (χ1v) is 10.4. The van der Waals surface area contributed by atoms with Crippen molar-refractivity contribution >= 4 is 21.6 Å². The summed E-state index contributed by atoms with van der Waals surface area (Å²) in [5.41, 5.74) is 0. The molecule has 1 aromatic carbocycles. The Bertz CT molecular complexity index is 953. The molecule has 0 unspecified atom stereocenters. The lowest BCUT2D eigenvalue weighted by Gasteiger charge is -2.31. The molecule has 2 heterocycles. The zero-order chi connectivity index (χ0) is 20.3. The number of carbonyl (C=O) groups is 1. The van der Waals surface area contributed by atoms with Crippen molar-refractivity contribution in [3.05, 3.63) is 48.2 Å². The van der Waals surface area contributed by atoms with Gasteiger partial charge in [-0.2, -0.15) is 0 Å². The molecule has 0 radical (unpaired) electrons. The van der Waals surface area contributed by atoms with Gasteiger partial charge in [0.25, 0.3) is 0 Å². The summed E-state index contributed by atoms with van der Waals surface area (Å²) in [6.07, 6.45) is 1.30. The number of aromatic nitrogens is 1. The molecule has 1 fully saturated rings.